The van der Waals surface area contributed by atoms with Gasteiger partial charge >= 0.3 is 0 Å². The molecule has 2 aliphatic rings. The summed E-state index contributed by atoms with van der Waals surface area (Å²) >= 11 is 0. The van der Waals surface area contributed by atoms with Crippen molar-refractivity contribution in [2.24, 2.45) is 5.92 Å². The van der Waals surface area contributed by atoms with Crippen molar-refractivity contribution in [2.45, 2.75) is 57.8 Å². The van der Waals surface area contributed by atoms with Crippen LogP contribution in [0.3, 0.4) is 0 Å². The van der Waals surface area contributed by atoms with Gasteiger partial charge < -0.3 is 10.1 Å². The molecule has 0 aromatic heterocycles. The van der Waals surface area contributed by atoms with Crippen LogP contribution in [0, 0.1) is 5.92 Å². The summed E-state index contributed by atoms with van der Waals surface area (Å²) in [5.41, 5.74) is 2.85. The van der Waals surface area contributed by atoms with E-state index in [2.05, 4.69) is 43.4 Å². The second-order valence-electron chi connectivity index (χ2n) is 5.90. The number of hydrogen-bond acceptors (Lipinski definition) is 2. The fraction of sp³-hybridized carbons (Fsp3) is 0.647. The molecule has 19 heavy (non-hydrogen) atoms. The Morgan fingerprint density at radius 2 is 2.00 bits per heavy atom. The van der Waals surface area contributed by atoms with Crippen molar-refractivity contribution in [1.29, 1.82) is 0 Å². The molecular formula is C17H25NO. The molecule has 0 spiro atoms. The Balaban J connectivity index is 1.79. The Kier molecular flexibility index (Phi) is 3.90. The molecule has 3 rings (SSSR count). The van der Waals surface area contributed by atoms with Gasteiger partial charge in [-0.1, -0.05) is 38.1 Å². The Morgan fingerprint density at radius 1 is 1.21 bits per heavy atom. The molecule has 2 saturated heterocycles. The molecule has 2 bridgehead atoms. The van der Waals surface area contributed by atoms with E-state index in [1.165, 1.54) is 30.4 Å². The van der Waals surface area contributed by atoms with Crippen molar-refractivity contribution in [3.8, 4) is 0 Å². The van der Waals surface area contributed by atoms with Crippen LogP contribution in [0.1, 0.15) is 50.3 Å². The van der Waals surface area contributed by atoms with Crippen molar-refractivity contribution in [2.75, 3.05) is 6.54 Å². The molecule has 2 heteroatoms. The van der Waals surface area contributed by atoms with Crippen molar-refractivity contribution >= 4 is 0 Å². The number of aryl methyl sites for hydroxylation is 1. The van der Waals surface area contributed by atoms with Crippen LogP contribution < -0.4 is 5.32 Å². The number of nitrogens with one attached hydrogen (secondary N) is 1. The number of benzene rings is 1. The first-order valence-corrected chi connectivity index (χ1v) is 7.79. The molecule has 0 amide bonds. The van der Waals surface area contributed by atoms with Gasteiger partial charge in [-0.05, 0) is 43.4 Å². The van der Waals surface area contributed by atoms with Gasteiger partial charge in [-0.25, -0.2) is 0 Å². The van der Waals surface area contributed by atoms with E-state index in [0.29, 0.717) is 24.2 Å². The van der Waals surface area contributed by atoms with E-state index in [1.807, 2.05) is 0 Å². The molecule has 0 radical (unpaired) electrons. The Hall–Kier alpha value is -0.860. The van der Waals surface area contributed by atoms with Crippen molar-refractivity contribution in [3.05, 3.63) is 35.4 Å². The number of fused-ring (bicyclic) bond motifs is 2. The highest BCUT2D eigenvalue weighted by Crippen LogP contribution is 2.44. The average Bonchev–Trinajstić information content (AvgIpc) is 3.07. The summed E-state index contributed by atoms with van der Waals surface area (Å²) in [6.45, 7) is 5.43. The van der Waals surface area contributed by atoms with E-state index in [-0.39, 0.29) is 0 Å². The Bertz CT molecular complexity index is 414. The monoisotopic (exact) mass is 259 g/mol. The molecule has 2 aliphatic heterocycles. The molecule has 0 saturated carbocycles. The van der Waals surface area contributed by atoms with Gasteiger partial charge in [0.25, 0.3) is 0 Å². The van der Waals surface area contributed by atoms with Crippen LogP contribution in [-0.4, -0.2) is 18.8 Å². The number of ether oxygens (including phenoxy) is 1. The van der Waals surface area contributed by atoms with Crippen molar-refractivity contribution < 1.29 is 4.74 Å². The lowest BCUT2D eigenvalue weighted by atomic mass is 9.81. The molecule has 4 unspecified atom stereocenters. The first kappa shape index (κ1) is 13.1. The zero-order valence-corrected chi connectivity index (χ0v) is 12.1. The van der Waals surface area contributed by atoms with E-state index < -0.39 is 0 Å². The normalized spacial score (nSPS) is 30.7. The lowest BCUT2D eigenvalue weighted by Gasteiger charge is -2.29. The lowest BCUT2D eigenvalue weighted by molar-refractivity contribution is 0.0858. The minimum Gasteiger partial charge on any atom is -0.375 e. The average molecular weight is 259 g/mol. The zero-order valence-electron chi connectivity index (χ0n) is 12.1. The minimum absolute atomic E-state index is 0.464. The molecule has 2 heterocycles. The van der Waals surface area contributed by atoms with E-state index in [0.717, 1.165) is 13.0 Å². The van der Waals surface area contributed by atoms with Gasteiger partial charge in [0.2, 0.25) is 0 Å². The van der Waals surface area contributed by atoms with Gasteiger partial charge in [0.05, 0.1) is 12.2 Å². The number of hydrogen-bond donors (Lipinski definition) is 1. The SMILES string of the molecule is CCNC(c1ccc(CC)cc1)C1CC2CCC1O2. The Morgan fingerprint density at radius 3 is 2.53 bits per heavy atom. The first-order chi connectivity index (χ1) is 9.31. The van der Waals surface area contributed by atoms with Crippen LogP contribution >= 0.6 is 0 Å². The molecule has 4 atom stereocenters. The van der Waals surface area contributed by atoms with Gasteiger partial charge in [0, 0.05) is 12.0 Å². The van der Waals surface area contributed by atoms with E-state index in [4.69, 9.17) is 4.74 Å². The molecule has 0 aliphatic carbocycles. The molecule has 2 nitrogen and oxygen atoms in total. The summed E-state index contributed by atoms with van der Waals surface area (Å²) in [5, 5.41) is 3.68. The first-order valence-electron chi connectivity index (χ1n) is 7.79. The molecule has 1 N–H and O–H groups in total. The second-order valence-corrected chi connectivity index (χ2v) is 5.90. The second kappa shape index (κ2) is 5.64. The highest BCUT2D eigenvalue weighted by atomic mass is 16.5. The predicted molar refractivity (Wildman–Crippen MR) is 78.2 cm³/mol. The third-order valence-corrected chi connectivity index (χ3v) is 4.75. The highest BCUT2D eigenvalue weighted by Gasteiger charge is 2.44. The number of rotatable bonds is 5. The maximum absolute atomic E-state index is 6.04. The summed E-state index contributed by atoms with van der Waals surface area (Å²) in [6, 6.07) is 9.61. The summed E-state index contributed by atoms with van der Waals surface area (Å²) in [5.74, 6) is 0.658. The summed E-state index contributed by atoms with van der Waals surface area (Å²) in [6.07, 6.45) is 5.89. The Labute approximate surface area is 116 Å². The maximum Gasteiger partial charge on any atom is 0.0627 e. The molecular weight excluding hydrogens is 234 g/mol. The molecule has 1 aromatic rings. The summed E-state index contributed by atoms with van der Waals surface area (Å²) in [4.78, 5) is 0. The van der Waals surface area contributed by atoms with Crippen molar-refractivity contribution in [3.63, 3.8) is 0 Å². The van der Waals surface area contributed by atoms with Gasteiger partial charge in [0.1, 0.15) is 0 Å². The van der Waals surface area contributed by atoms with Gasteiger partial charge in [-0.2, -0.15) is 0 Å². The minimum atomic E-state index is 0.464. The highest BCUT2D eigenvalue weighted by molar-refractivity contribution is 5.26. The van der Waals surface area contributed by atoms with Crippen LogP contribution in [0.4, 0.5) is 0 Å². The third kappa shape index (κ3) is 2.56. The third-order valence-electron chi connectivity index (χ3n) is 4.75. The van der Waals surface area contributed by atoms with Crippen LogP contribution in [0.5, 0.6) is 0 Å². The van der Waals surface area contributed by atoms with E-state index >= 15 is 0 Å². The van der Waals surface area contributed by atoms with Crippen molar-refractivity contribution in [1.82, 2.24) is 5.32 Å². The standard InChI is InChI=1S/C17H25NO/c1-3-12-5-7-13(8-6-12)17(18-4-2)15-11-14-9-10-16(15)19-14/h5-8,14-18H,3-4,9-11H2,1-2H3. The topological polar surface area (TPSA) is 21.3 Å². The largest absolute Gasteiger partial charge is 0.375 e. The molecule has 2 fully saturated rings. The summed E-state index contributed by atoms with van der Waals surface area (Å²) in [7, 11) is 0. The molecule has 104 valence electrons. The van der Waals surface area contributed by atoms with Gasteiger partial charge in [-0.15, -0.1) is 0 Å². The van der Waals surface area contributed by atoms with Crippen LogP contribution in [-0.2, 0) is 11.2 Å². The molecule has 1 aromatic carbocycles. The smallest absolute Gasteiger partial charge is 0.0627 e. The fourth-order valence-corrected chi connectivity index (χ4v) is 3.72. The van der Waals surface area contributed by atoms with Gasteiger partial charge in [-0.3, -0.25) is 0 Å². The van der Waals surface area contributed by atoms with Crippen LogP contribution in [0.15, 0.2) is 24.3 Å². The van der Waals surface area contributed by atoms with E-state index in [1.54, 1.807) is 0 Å². The maximum atomic E-state index is 6.04. The fourth-order valence-electron chi connectivity index (χ4n) is 3.72. The van der Waals surface area contributed by atoms with Crippen LogP contribution in [0.25, 0.3) is 0 Å². The van der Waals surface area contributed by atoms with E-state index in [9.17, 15) is 0 Å². The zero-order chi connectivity index (χ0) is 13.2. The van der Waals surface area contributed by atoms with Gasteiger partial charge in [0.15, 0.2) is 0 Å². The quantitative estimate of drug-likeness (QED) is 0.874. The lowest BCUT2D eigenvalue weighted by Crippen LogP contribution is -2.33. The summed E-state index contributed by atoms with van der Waals surface area (Å²) < 4.78 is 6.04. The van der Waals surface area contributed by atoms with Crippen LogP contribution in [0.2, 0.25) is 0 Å². The predicted octanol–water partition coefficient (Wildman–Crippen LogP) is 3.47.